The minimum absolute atomic E-state index is 0.672. The van der Waals surface area contributed by atoms with Gasteiger partial charge in [0, 0.05) is 33.2 Å². The van der Waals surface area contributed by atoms with Crippen LogP contribution in [0.4, 0.5) is 0 Å². The molecule has 2 aromatic heterocycles. The van der Waals surface area contributed by atoms with Gasteiger partial charge < -0.3 is 4.57 Å². The van der Waals surface area contributed by atoms with E-state index >= 15 is 0 Å². The van der Waals surface area contributed by atoms with Crippen molar-refractivity contribution >= 4 is 21.8 Å². The van der Waals surface area contributed by atoms with E-state index in [1.165, 1.54) is 55.2 Å². The van der Waals surface area contributed by atoms with Crippen LogP contribution in [0, 0.1) is 0 Å². The summed E-state index contributed by atoms with van der Waals surface area (Å²) >= 11 is 0. The van der Waals surface area contributed by atoms with Crippen LogP contribution in [0.2, 0.25) is 0 Å². The summed E-state index contributed by atoms with van der Waals surface area (Å²) < 4.78 is 2.36. The molecule has 0 radical (unpaired) electrons. The molecular weight excluding hydrogens is 811 g/mol. The molecule has 0 aliphatic carbocycles. The summed E-state index contributed by atoms with van der Waals surface area (Å²) in [6.07, 6.45) is 0. The van der Waals surface area contributed by atoms with Gasteiger partial charge in [0.25, 0.3) is 0 Å². The van der Waals surface area contributed by atoms with E-state index in [0.29, 0.717) is 5.82 Å². The Morgan fingerprint density at radius 1 is 0.224 bits per heavy atom. The zero-order valence-corrected chi connectivity index (χ0v) is 36.7. The number of hydrogen-bond donors (Lipinski definition) is 0. The van der Waals surface area contributed by atoms with Gasteiger partial charge in [-0.2, -0.15) is 0 Å². The van der Waals surface area contributed by atoms with Gasteiger partial charge in [-0.1, -0.05) is 206 Å². The highest BCUT2D eigenvalue weighted by Gasteiger charge is 2.16. The first-order valence-corrected chi connectivity index (χ1v) is 22.8. The summed E-state index contributed by atoms with van der Waals surface area (Å²) in [5, 5.41) is 2.47. The Labute approximate surface area is 390 Å². The van der Waals surface area contributed by atoms with Gasteiger partial charge in [0.05, 0.1) is 22.4 Å². The molecule has 12 aromatic rings. The molecule has 12 rings (SSSR count). The van der Waals surface area contributed by atoms with E-state index in [9.17, 15) is 0 Å². The van der Waals surface area contributed by atoms with Crippen LogP contribution in [0.1, 0.15) is 0 Å². The number of rotatable bonds is 9. The van der Waals surface area contributed by atoms with Crippen LogP contribution in [0.25, 0.3) is 117 Å². The van der Waals surface area contributed by atoms with Crippen LogP contribution < -0.4 is 0 Å². The van der Waals surface area contributed by atoms with E-state index in [-0.39, 0.29) is 0 Å². The average molecular weight is 854 g/mol. The Morgan fingerprint density at radius 3 is 1.07 bits per heavy atom. The first kappa shape index (κ1) is 39.7. The fourth-order valence-electron chi connectivity index (χ4n) is 9.44. The largest absolute Gasteiger partial charge is 0.309 e. The summed E-state index contributed by atoms with van der Waals surface area (Å²) in [4.78, 5) is 10.7. The summed E-state index contributed by atoms with van der Waals surface area (Å²) in [5.41, 5.74) is 19.8. The Bertz CT molecular complexity index is 3680. The summed E-state index contributed by atoms with van der Waals surface area (Å²) in [7, 11) is 0. The van der Waals surface area contributed by atoms with Crippen molar-refractivity contribution in [1.29, 1.82) is 0 Å². The van der Waals surface area contributed by atoms with Crippen molar-refractivity contribution in [2.24, 2.45) is 0 Å². The molecule has 0 saturated carbocycles. The van der Waals surface area contributed by atoms with Gasteiger partial charge in [-0.3, -0.25) is 0 Å². The molecule has 0 N–H and O–H groups in total. The minimum Gasteiger partial charge on any atom is -0.309 e. The van der Waals surface area contributed by atoms with Crippen molar-refractivity contribution in [3.63, 3.8) is 0 Å². The highest BCUT2D eigenvalue weighted by Crippen LogP contribution is 2.36. The molecule has 0 aliphatic heterocycles. The maximum Gasteiger partial charge on any atom is 0.160 e. The van der Waals surface area contributed by atoms with Crippen LogP contribution >= 0.6 is 0 Å². The van der Waals surface area contributed by atoms with Crippen LogP contribution in [0.3, 0.4) is 0 Å². The van der Waals surface area contributed by atoms with Crippen LogP contribution in [-0.4, -0.2) is 14.5 Å². The molecule has 0 bridgehead atoms. The number of benzene rings is 10. The number of hydrogen-bond acceptors (Lipinski definition) is 2. The lowest BCUT2D eigenvalue weighted by Gasteiger charge is -2.13. The Kier molecular flexibility index (Phi) is 10.2. The van der Waals surface area contributed by atoms with Crippen molar-refractivity contribution in [2.75, 3.05) is 0 Å². The standard InChI is InChI=1S/C64H43N3/c1-3-16-44(17-4-1)48-20-11-23-51(38-48)52-24-13-22-50(40-52)46-34-36-47(37-35-46)60-43-61(55-27-15-29-57(42-55)67-62-32-9-7-30-58(62)59-31-8-10-33-63(59)67)66-64(65-60)56-28-14-26-54(41-56)53-25-12-21-49(39-53)45-18-5-2-6-19-45/h1-43H. The minimum atomic E-state index is 0.672. The van der Waals surface area contributed by atoms with Gasteiger partial charge in [-0.05, 0) is 110 Å². The highest BCUT2D eigenvalue weighted by molar-refractivity contribution is 6.09. The van der Waals surface area contributed by atoms with E-state index in [2.05, 4.69) is 265 Å². The Balaban J connectivity index is 0.942. The van der Waals surface area contributed by atoms with E-state index < -0.39 is 0 Å². The Hall–Kier alpha value is -8.92. The molecule has 10 aromatic carbocycles. The molecule has 0 atom stereocenters. The van der Waals surface area contributed by atoms with Gasteiger partial charge in [0.2, 0.25) is 0 Å². The molecule has 0 unspecified atom stereocenters. The molecule has 0 spiro atoms. The monoisotopic (exact) mass is 853 g/mol. The number of fused-ring (bicyclic) bond motifs is 3. The maximum atomic E-state index is 5.36. The van der Waals surface area contributed by atoms with Crippen LogP contribution in [-0.2, 0) is 0 Å². The third-order valence-electron chi connectivity index (χ3n) is 12.8. The lowest BCUT2D eigenvalue weighted by Crippen LogP contribution is -1.98. The first-order valence-electron chi connectivity index (χ1n) is 22.8. The van der Waals surface area contributed by atoms with Crippen molar-refractivity contribution in [2.45, 2.75) is 0 Å². The molecule has 0 fully saturated rings. The van der Waals surface area contributed by atoms with E-state index in [1.807, 2.05) is 0 Å². The van der Waals surface area contributed by atoms with Crippen molar-refractivity contribution in [3.05, 3.63) is 261 Å². The molecule has 0 aliphatic rings. The van der Waals surface area contributed by atoms with E-state index in [1.54, 1.807) is 0 Å². The Morgan fingerprint density at radius 2 is 0.567 bits per heavy atom. The van der Waals surface area contributed by atoms with Gasteiger partial charge in [0.15, 0.2) is 5.82 Å². The molecule has 0 amide bonds. The van der Waals surface area contributed by atoms with E-state index in [0.717, 1.165) is 56.0 Å². The second-order valence-electron chi connectivity index (χ2n) is 17.0. The zero-order chi connectivity index (χ0) is 44.5. The zero-order valence-electron chi connectivity index (χ0n) is 36.7. The SMILES string of the molecule is c1ccc(-c2cccc(-c3cccc(-c4ccc(-c5cc(-c6cccc(-n7c8ccccc8c8ccccc87)c6)nc(-c6cccc(-c7cccc(-c8ccccc8)c7)c6)n5)cc4)c3)c2)cc1. The van der Waals surface area contributed by atoms with Crippen LogP contribution in [0.15, 0.2) is 261 Å². The first-order chi connectivity index (χ1) is 33.2. The molecule has 67 heavy (non-hydrogen) atoms. The number of nitrogens with zero attached hydrogens (tertiary/aromatic N) is 3. The van der Waals surface area contributed by atoms with E-state index in [4.69, 9.17) is 9.97 Å². The van der Waals surface area contributed by atoms with Gasteiger partial charge in [-0.25, -0.2) is 9.97 Å². The summed E-state index contributed by atoms with van der Waals surface area (Å²) in [6.45, 7) is 0. The number of aromatic nitrogens is 3. The van der Waals surface area contributed by atoms with Crippen molar-refractivity contribution in [3.8, 4) is 95.2 Å². The fraction of sp³-hybridized carbons (Fsp3) is 0. The lowest BCUT2D eigenvalue weighted by atomic mass is 9.95. The second-order valence-corrected chi connectivity index (χ2v) is 17.0. The van der Waals surface area contributed by atoms with Gasteiger partial charge in [-0.15, -0.1) is 0 Å². The summed E-state index contributed by atoms with van der Waals surface area (Å²) in [5.74, 6) is 0.672. The maximum absolute atomic E-state index is 5.36. The topological polar surface area (TPSA) is 30.7 Å². The normalized spacial score (nSPS) is 11.3. The van der Waals surface area contributed by atoms with Crippen molar-refractivity contribution in [1.82, 2.24) is 14.5 Å². The predicted molar refractivity (Wildman–Crippen MR) is 280 cm³/mol. The predicted octanol–water partition coefficient (Wildman–Crippen LogP) is 16.9. The highest BCUT2D eigenvalue weighted by atomic mass is 15.0. The van der Waals surface area contributed by atoms with Crippen molar-refractivity contribution < 1.29 is 0 Å². The third kappa shape index (κ3) is 7.79. The molecule has 0 saturated heterocycles. The van der Waals surface area contributed by atoms with Gasteiger partial charge in [0.1, 0.15) is 0 Å². The molecule has 314 valence electrons. The second kappa shape index (κ2) is 17.2. The summed E-state index contributed by atoms with van der Waals surface area (Å²) in [6, 6.07) is 93.0. The molecule has 3 nitrogen and oxygen atoms in total. The molecular formula is C64H43N3. The quantitative estimate of drug-likeness (QED) is 0.145. The molecule has 3 heteroatoms. The fourth-order valence-corrected chi connectivity index (χ4v) is 9.44. The number of para-hydroxylation sites is 2. The average Bonchev–Trinajstić information content (AvgIpc) is 3.76. The smallest absolute Gasteiger partial charge is 0.160 e. The van der Waals surface area contributed by atoms with Gasteiger partial charge >= 0.3 is 0 Å². The van der Waals surface area contributed by atoms with Crippen LogP contribution in [0.5, 0.6) is 0 Å². The third-order valence-corrected chi connectivity index (χ3v) is 12.8. The molecule has 2 heterocycles. The lowest BCUT2D eigenvalue weighted by molar-refractivity contribution is 1.16.